The van der Waals surface area contributed by atoms with Crippen molar-refractivity contribution in [3.05, 3.63) is 58.6 Å². The van der Waals surface area contributed by atoms with Gasteiger partial charge in [0.05, 0.1) is 19.1 Å². The molecule has 0 spiro atoms. The Morgan fingerprint density at radius 3 is 2.36 bits per heavy atom. The molecule has 2 aromatic rings. The van der Waals surface area contributed by atoms with Gasteiger partial charge in [-0.15, -0.1) is 0 Å². The standard InChI is InChI=1S/C26H36BrN3O5S/c1-6-19(2)28-26(32)20(3)29(18-21-12-14-22(27)15-13-21)25(31)11-8-16-30(36(5,33)34)23-9-7-10-24(17-23)35-4/h7,9-10,12-15,17,19-20H,6,8,11,16,18H2,1-5H3,(H,28,32)/t19-,20+/m1/s1. The Balaban J connectivity index is 2.17. The summed E-state index contributed by atoms with van der Waals surface area (Å²) >= 11 is 3.41. The molecule has 2 rings (SSSR count). The van der Waals surface area contributed by atoms with E-state index in [1.54, 1.807) is 36.1 Å². The van der Waals surface area contributed by atoms with Crippen molar-refractivity contribution in [2.45, 2.75) is 58.7 Å². The highest BCUT2D eigenvalue weighted by Gasteiger charge is 2.27. The molecule has 0 aliphatic rings. The van der Waals surface area contributed by atoms with E-state index in [2.05, 4.69) is 21.2 Å². The third-order valence-electron chi connectivity index (χ3n) is 5.93. The Bertz CT molecular complexity index is 1120. The lowest BCUT2D eigenvalue weighted by molar-refractivity contribution is -0.140. The number of halogens is 1. The summed E-state index contributed by atoms with van der Waals surface area (Å²) in [7, 11) is -2.06. The van der Waals surface area contributed by atoms with E-state index < -0.39 is 16.1 Å². The highest BCUT2D eigenvalue weighted by Crippen LogP contribution is 2.24. The van der Waals surface area contributed by atoms with E-state index in [4.69, 9.17) is 4.74 Å². The lowest BCUT2D eigenvalue weighted by Gasteiger charge is -2.30. The fraction of sp³-hybridized carbons (Fsp3) is 0.462. The summed E-state index contributed by atoms with van der Waals surface area (Å²) in [6, 6.07) is 13.7. The Morgan fingerprint density at radius 2 is 1.78 bits per heavy atom. The van der Waals surface area contributed by atoms with E-state index in [1.807, 2.05) is 38.1 Å². The van der Waals surface area contributed by atoms with E-state index in [1.165, 1.54) is 11.4 Å². The zero-order chi connectivity index (χ0) is 26.9. The van der Waals surface area contributed by atoms with Gasteiger partial charge in [0.2, 0.25) is 21.8 Å². The van der Waals surface area contributed by atoms with Crippen molar-refractivity contribution in [1.29, 1.82) is 0 Å². The number of hydrogen-bond acceptors (Lipinski definition) is 5. The molecular weight excluding hydrogens is 546 g/mol. The first-order valence-electron chi connectivity index (χ1n) is 11.9. The quantitative estimate of drug-likeness (QED) is 0.379. The van der Waals surface area contributed by atoms with E-state index in [-0.39, 0.29) is 37.4 Å². The molecule has 0 aromatic heterocycles. The number of nitrogens with one attached hydrogen (secondary N) is 1. The predicted octanol–water partition coefficient (Wildman–Crippen LogP) is 4.34. The first kappa shape index (κ1) is 29.6. The van der Waals surface area contributed by atoms with Crippen molar-refractivity contribution in [2.24, 2.45) is 0 Å². The molecule has 0 bridgehead atoms. The number of carbonyl (C=O) groups excluding carboxylic acids is 2. The fourth-order valence-corrected chi connectivity index (χ4v) is 4.83. The summed E-state index contributed by atoms with van der Waals surface area (Å²) in [5, 5.41) is 2.95. The minimum atomic E-state index is -3.58. The van der Waals surface area contributed by atoms with Crippen molar-refractivity contribution in [3.63, 3.8) is 0 Å². The van der Waals surface area contributed by atoms with Crippen LogP contribution in [0.5, 0.6) is 5.75 Å². The molecule has 8 nitrogen and oxygen atoms in total. The summed E-state index contributed by atoms with van der Waals surface area (Å²) in [4.78, 5) is 27.7. The Morgan fingerprint density at radius 1 is 1.11 bits per heavy atom. The molecule has 2 atom stereocenters. The van der Waals surface area contributed by atoms with Gasteiger partial charge in [0.15, 0.2) is 0 Å². The number of amides is 2. The summed E-state index contributed by atoms with van der Waals surface area (Å²) in [6.07, 6.45) is 2.30. The van der Waals surface area contributed by atoms with Crippen LogP contribution in [0.2, 0.25) is 0 Å². The van der Waals surface area contributed by atoms with Gasteiger partial charge in [0.25, 0.3) is 0 Å². The Labute approximate surface area is 223 Å². The number of anilines is 1. The lowest BCUT2D eigenvalue weighted by atomic mass is 10.1. The van der Waals surface area contributed by atoms with E-state index in [9.17, 15) is 18.0 Å². The largest absolute Gasteiger partial charge is 0.497 e. The summed E-state index contributed by atoms with van der Waals surface area (Å²) in [5.41, 5.74) is 1.36. The van der Waals surface area contributed by atoms with Gasteiger partial charge < -0.3 is 15.0 Å². The maximum atomic E-state index is 13.3. The molecule has 0 radical (unpaired) electrons. The van der Waals surface area contributed by atoms with Crippen LogP contribution in [-0.4, -0.2) is 57.1 Å². The zero-order valence-corrected chi connectivity index (χ0v) is 23.9. The van der Waals surface area contributed by atoms with Gasteiger partial charge in [-0.05, 0) is 56.5 Å². The molecule has 0 aliphatic heterocycles. The second-order valence-electron chi connectivity index (χ2n) is 8.78. The number of sulfonamides is 1. The molecule has 0 fully saturated rings. The minimum absolute atomic E-state index is 0.00392. The molecule has 198 valence electrons. The van der Waals surface area contributed by atoms with Crippen LogP contribution >= 0.6 is 15.9 Å². The lowest BCUT2D eigenvalue weighted by Crippen LogP contribution is -2.49. The van der Waals surface area contributed by atoms with Crippen LogP contribution in [0.25, 0.3) is 0 Å². The van der Waals surface area contributed by atoms with Crippen LogP contribution in [0.1, 0.15) is 45.6 Å². The van der Waals surface area contributed by atoms with Crippen molar-refractivity contribution in [2.75, 3.05) is 24.2 Å². The smallest absolute Gasteiger partial charge is 0.242 e. The number of hydrogen-bond donors (Lipinski definition) is 1. The number of methoxy groups -OCH3 is 1. The monoisotopic (exact) mass is 581 g/mol. The van der Waals surface area contributed by atoms with Gasteiger partial charge >= 0.3 is 0 Å². The molecule has 36 heavy (non-hydrogen) atoms. The highest BCUT2D eigenvalue weighted by molar-refractivity contribution is 9.10. The molecule has 2 aromatic carbocycles. The van der Waals surface area contributed by atoms with Crippen molar-refractivity contribution < 1.29 is 22.7 Å². The number of nitrogens with zero attached hydrogens (tertiary/aromatic N) is 2. The molecule has 1 N–H and O–H groups in total. The third kappa shape index (κ3) is 8.81. The van der Waals surface area contributed by atoms with Gasteiger partial charge in [-0.3, -0.25) is 13.9 Å². The van der Waals surface area contributed by atoms with Crippen molar-refractivity contribution in [3.8, 4) is 5.75 Å². The van der Waals surface area contributed by atoms with Gasteiger partial charge in [-0.2, -0.15) is 0 Å². The molecular formula is C26H36BrN3O5S. The topological polar surface area (TPSA) is 96.0 Å². The van der Waals surface area contributed by atoms with Crippen LogP contribution < -0.4 is 14.4 Å². The van der Waals surface area contributed by atoms with Crippen LogP contribution in [0, 0.1) is 0 Å². The normalized spacial score (nSPS) is 12.9. The average Bonchev–Trinajstić information content (AvgIpc) is 2.84. The first-order valence-corrected chi connectivity index (χ1v) is 14.6. The minimum Gasteiger partial charge on any atom is -0.497 e. The highest BCUT2D eigenvalue weighted by atomic mass is 79.9. The van der Waals surface area contributed by atoms with Crippen LogP contribution in [0.4, 0.5) is 5.69 Å². The predicted molar refractivity (Wildman–Crippen MR) is 146 cm³/mol. The number of rotatable bonds is 13. The maximum absolute atomic E-state index is 13.3. The fourth-order valence-electron chi connectivity index (χ4n) is 3.60. The molecule has 0 saturated heterocycles. The second kappa shape index (κ2) is 13.6. The average molecular weight is 583 g/mol. The molecule has 0 heterocycles. The van der Waals surface area contributed by atoms with Crippen molar-refractivity contribution >= 4 is 43.5 Å². The molecule has 2 amide bonds. The van der Waals surface area contributed by atoms with Gasteiger partial charge in [0.1, 0.15) is 11.8 Å². The Kier molecular flexibility index (Phi) is 11.2. The Hall–Kier alpha value is -2.59. The second-order valence-corrected chi connectivity index (χ2v) is 11.6. The SMILES string of the molecule is CC[C@@H](C)NC(=O)[C@H](C)N(Cc1ccc(Br)cc1)C(=O)CCCN(c1cccc(OC)c1)S(C)(=O)=O. The van der Waals surface area contributed by atoms with Crippen molar-refractivity contribution in [1.82, 2.24) is 10.2 Å². The number of ether oxygens (including phenoxy) is 1. The van der Waals surface area contributed by atoms with Crippen LogP contribution in [0.15, 0.2) is 53.0 Å². The molecule has 0 aliphatic carbocycles. The maximum Gasteiger partial charge on any atom is 0.242 e. The molecule has 0 unspecified atom stereocenters. The molecule has 0 saturated carbocycles. The summed E-state index contributed by atoms with van der Waals surface area (Å²) < 4.78 is 32.3. The number of carbonyl (C=O) groups is 2. The third-order valence-corrected chi connectivity index (χ3v) is 7.65. The van der Waals surface area contributed by atoms with Crippen LogP contribution in [0.3, 0.4) is 0 Å². The summed E-state index contributed by atoms with van der Waals surface area (Å²) in [6.45, 7) is 6.01. The molecule has 10 heteroatoms. The van der Waals surface area contributed by atoms with E-state index >= 15 is 0 Å². The first-order chi connectivity index (χ1) is 17.0. The van der Waals surface area contributed by atoms with Gasteiger partial charge in [-0.25, -0.2) is 8.42 Å². The van der Waals surface area contributed by atoms with E-state index in [0.29, 0.717) is 17.9 Å². The zero-order valence-electron chi connectivity index (χ0n) is 21.5. The van der Waals surface area contributed by atoms with Gasteiger partial charge in [-0.1, -0.05) is 41.1 Å². The van der Waals surface area contributed by atoms with E-state index in [0.717, 1.165) is 22.7 Å². The van der Waals surface area contributed by atoms with Crippen LogP contribution in [-0.2, 0) is 26.2 Å². The van der Waals surface area contributed by atoms with Gasteiger partial charge in [0, 0.05) is 36.1 Å². The number of benzene rings is 2. The summed E-state index contributed by atoms with van der Waals surface area (Å²) in [5.74, 6) is 0.104.